The molecule has 1 unspecified atom stereocenters. The van der Waals surface area contributed by atoms with E-state index in [1.807, 2.05) is 36.4 Å². The van der Waals surface area contributed by atoms with Crippen molar-refractivity contribution in [2.24, 2.45) is 5.92 Å². The van der Waals surface area contributed by atoms with Crippen LogP contribution < -0.4 is 5.32 Å². The zero-order valence-electron chi connectivity index (χ0n) is 17.5. The molecule has 1 atom stereocenters. The van der Waals surface area contributed by atoms with Gasteiger partial charge in [-0.05, 0) is 42.4 Å². The molecular weight excluding hydrogens is 380 g/mol. The van der Waals surface area contributed by atoms with Crippen LogP contribution in [-0.4, -0.2) is 59.8 Å². The van der Waals surface area contributed by atoms with E-state index in [1.165, 1.54) is 0 Å². The molecule has 6 nitrogen and oxygen atoms in total. The third kappa shape index (κ3) is 4.20. The van der Waals surface area contributed by atoms with Crippen molar-refractivity contribution in [1.29, 1.82) is 0 Å². The molecule has 4 rings (SSSR count). The molecular formula is C24H30N2O4. The number of ether oxygens (including phenoxy) is 1. The molecule has 1 saturated carbocycles. The van der Waals surface area contributed by atoms with E-state index >= 15 is 0 Å². The maximum absolute atomic E-state index is 13.7. The lowest BCUT2D eigenvalue weighted by Crippen LogP contribution is -2.54. The van der Waals surface area contributed by atoms with E-state index in [0.29, 0.717) is 50.5 Å². The normalized spacial score (nSPS) is 25.7. The Balaban J connectivity index is 1.67. The Labute approximate surface area is 177 Å². The highest BCUT2D eigenvalue weighted by molar-refractivity contribution is 6.11. The molecule has 2 aromatic rings. The second-order valence-corrected chi connectivity index (χ2v) is 8.68. The van der Waals surface area contributed by atoms with Gasteiger partial charge in [0.15, 0.2) is 6.10 Å². The molecule has 1 heterocycles. The summed E-state index contributed by atoms with van der Waals surface area (Å²) in [6.07, 6.45) is 0.774. The third-order valence-corrected chi connectivity index (χ3v) is 6.52. The van der Waals surface area contributed by atoms with Gasteiger partial charge in [0.1, 0.15) is 5.60 Å². The maximum Gasteiger partial charge on any atom is 0.410 e. The number of nitrogens with one attached hydrogen (secondary N) is 1. The summed E-state index contributed by atoms with van der Waals surface area (Å²) in [5.41, 5.74) is -0.859. The molecule has 2 N–H and O–H groups in total. The molecule has 1 saturated heterocycles. The Morgan fingerprint density at radius 1 is 1.10 bits per heavy atom. The van der Waals surface area contributed by atoms with E-state index in [2.05, 4.69) is 12.2 Å². The van der Waals surface area contributed by atoms with E-state index in [-0.39, 0.29) is 5.78 Å². The van der Waals surface area contributed by atoms with Gasteiger partial charge in [0.05, 0.1) is 0 Å². The van der Waals surface area contributed by atoms with E-state index in [1.54, 1.807) is 11.0 Å². The number of amides is 1. The van der Waals surface area contributed by atoms with Gasteiger partial charge in [-0.15, -0.1) is 0 Å². The predicted molar refractivity (Wildman–Crippen MR) is 116 cm³/mol. The molecule has 1 aliphatic carbocycles. The first kappa shape index (κ1) is 20.8. The maximum atomic E-state index is 13.7. The van der Waals surface area contributed by atoms with Crippen LogP contribution in [0.4, 0.5) is 4.79 Å². The van der Waals surface area contributed by atoms with Crippen LogP contribution in [0.2, 0.25) is 0 Å². The Bertz CT molecular complexity index is 909. The fourth-order valence-corrected chi connectivity index (χ4v) is 4.54. The van der Waals surface area contributed by atoms with Crippen molar-refractivity contribution in [3.05, 3.63) is 48.0 Å². The average Bonchev–Trinajstić information content (AvgIpc) is 2.79. The van der Waals surface area contributed by atoms with Crippen LogP contribution in [0.5, 0.6) is 0 Å². The highest BCUT2D eigenvalue weighted by Crippen LogP contribution is 2.37. The molecule has 30 heavy (non-hydrogen) atoms. The average molecular weight is 411 g/mol. The highest BCUT2D eigenvalue weighted by atomic mass is 16.6. The predicted octanol–water partition coefficient (Wildman–Crippen LogP) is 3.37. The molecule has 0 spiro atoms. The monoisotopic (exact) mass is 410 g/mol. The van der Waals surface area contributed by atoms with Gasteiger partial charge in [-0.3, -0.25) is 4.79 Å². The second-order valence-electron chi connectivity index (χ2n) is 8.68. The first-order valence-corrected chi connectivity index (χ1v) is 10.9. The number of ketones is 1. The fraction of sp³-hybridized carbons (Fsp3) is 0.500. The quantitative estimate of drug-likeness (QED) is 0.756. The van der Waals surface area contributed by atoms with Gasteiger partial charge in [0.2, 0.25) is 5.78 Å². The van der Waals surface area contributed by atoms with Gasteiger partial charge in [0, 0.05) is 31.7 Å². The van der Waals surface area contributed by atoms with Crippen molar-refractivity contribution in [2.75, 3.05) is 26.2 Å². The van der Waals surface area contributed by atoms with Gasteiger partial charge in [-0.1, -0.05) is 49.4 Å². The first-order chi connectivity index (χ1) is 14.5. The molecule has 0 radical (unpaired) electrons. The first-order valence-electron chi connectivity index (χ1n) is 10.9. The van der Waals surface area contributed by atoms with Crippen LogP contribution in [0, 0.1) is 5.92 Å². The Kier molecular flexibility index (Phi) is 6.06. The number of aliphatic hydroxyl groups is 1. The third-order valence-electron chi connectivity index (χ3n) is 6.52. The van der Waals surface area contributed by atoms with Crippen LogP contribution in [-0.2, 0) is 4.74 Å². The molecule has 2 aromatic carbocycles. The van der Waals surface area contributed by atoms with Crippen molar-refractivity contribution in [3.8, 4) is 0 Å². The molecule has 1 amide bonds. The summed E-state index contributed by atoms with van der Waals surface area (Å²) in [4.78, 5) is 28.2. The number of piperazine rings is 1. The number of rotatable bonds is 4. The Morgan fingerprint density at radius 3 is 2.50 bits per heavy atom. The summed E-state index contributed by atoms with van der Waals surface area (Å²) in [6, 6.07) is 13.2. The summed E-state index contributed by atoms with van der Waals surface area (Å²) >= 11 is 0. The van der Waals surface area contributed by atoms with Crippen molar-refractivity contribution < 1.29 is 19.4 Å². The van der Waals surface area contributed by atoms with Crippen LogP contribution in [0.1, 0.15) is 43.0 Å². The van der Waals surface area contributed by atoms with Gasteiger partial charge in [0.25, 0.3) is 0 Å². The molecule has 6 heteroatoms. The standard InChI is InChI=1S/C24H30N2O4/c1-17-9-11-24(29,12-10-17)22(30-23(28)26-15-13-25-14-16-26)21(27)20-8-4-6-18-5-2-3-7-19(18)20/h2-8,17,22,25,29H,9-16H2,1H3. The number of benzene rings is 2. The lowest BCUT2D eigenvalue weighted by molar-refractivity contribution is -0.0944. The minimum Gasteiger partial charge on any atom is -0.435 e. The molecule has 2 aliphatic rings. The Morgan fingerprint density at radius 2 is 1.77 bits per heavy atom. The van der Waals surface area contributed by atoms with Crippen LogP contribution in [0.3, 0.4) is 0 Å². The second kappa shape index (κ2) is 8.74. The largest absolute Gasteiger partial charge is 0.435 e. The van der Waals surface area contributed by atoms with E-state index in [0.717, 1.165) is 23.6 Å². The summed E-state index contributed by atoms with van der Waals surface area (Å²) in [7, 11) is 0. The van der Waals surface area contributed by atoms with Gasteiger partial charge >= 0.3 is 6.09 Å². The lowest BCUT2D eigenvalue weighted by Gasteiger charge is -2.40. The van der Waals surface area contributed by atoms with Crippen LogP contribution >= 0.6 is 0 Å². The smallest absolute Gasteiger partial charge is 0.410 e. The number of carbonyl (C=O) groups excluding carboxylic acids is 2. The Hall–Kier alpha value is -2.44. The summed E-state index contributed by atoms with van der Waals surface area (Å²) in [6.45, 7) is 4.60. The van der Waals surface area contributed by atoms with E-state index in [4.69, 9.17) is 4.74 Å². The minimum atomic E-state index is -1.34. The number of carbonyl (C=O) groups is 2. The van der Waals surface area contributed by atoms with Crippen molar-refractivity contribution in [2.45, 2.75) is 44.3 Å². The van der Waals surface area contributed by atoms with E-state index in [9.17, 15) is 14.7 Å². The van der Waals surface area contributed by atoms with Crippen LogP contribution in [0.15, 0.2) is 42.5 Å². The molecule has 1 aliphatic heterocycles. The zero-order chi connectivity index (χ0) is 21.1. The summed E-state index contributed by atoms with van der Waals surface area (Å²) in [5.74, 6) is 0.162. The number of hydrogen-bond acceptors (Lipinski definition) is 5. The molecule has 0 aromatic heterocycles. The van der Waals surface area contributed by atoms with Gasteiger partial charge in [-0.25, -0.2) is 4.79 Å². The van der Waals surface area contributed by atoms with Crippen molar-refractivity contribution in [1.82, 2.24) is 10.2 Å². The fourth-order valence-electron chi connectivity index (χ4n) is 4.54. The molecule has 160 valence electrons. The van der Waals surface area contributed by atoms with E-state index < -0.39 is 17.8 Å². The molecule has 0 bridgehead atoms. The topological polar surface area (TPSA) is 78.9 Å². The number of hydrogen-bond donors (Lipinski definition) is 2. The van der Waals surface area contributed by atoms with Crippen molar-refractivity contribution >= 4 is 22.6 Å². The number of Topliss-reactive ketones (excluding diaryl/α,β-unsaturated/α-hetero) is 1. The number of nitrogens with zero attached hydrogens (tertiary/aromatic N) is 1. The summed E-state index contributed by atoms with van der Waals surface area (Å²) in [5, 5.41) is 16.4. The van der Waals surface area contributed by atoms with Gasteiger partial charge < -0.3 is 20.1 Å². The lowest BCUT2D eigenvalue weighted by atomic mass is 9.74. The molecule has 2 fully saturated rings. The minimum absolute atomic E-state index is 0.327. The highest BCUT2D eigenvalue weighted by Gasteiger charge is 2.47. The van der Waals surface area contributed by atoms with Gasteiger partial charge in [-0.2, -0.15) is 0 Å². The summed E-state index contributed by atoms with van der Waals surface area (Å²) < 4.78 is 5.79. The SMILES string of the molecule is CC1CCC(O)(C(OC(=O)N2CCNCC2)C(=O)c2cccc3ccccc23)CC1. The van der Waals surface area contributed by atoms with Crippen LogP contribution in [0.25, 0.3) is 10.8 Å². The van der Waals surface area contributed by atoms with Crippen molar-refractivity contribution in [3.63, 3.8) is 0 Å². The number of fused-ring (bicyclic) bond motifs is 1. The zero-order valence-corrected chi connectivity index (χ0v) is 17.5.